The van der Waals surface area contributed by atoms with E-state index in [-0.39, 0.29) is 16.0 Å². The van der Waals surface area contributed by atoms with Gasteiger partial charge in [0.1, 0.15) is 16.1 Å². The van der Waals surface area contributed by atoms with E-state index in [1.807, 2.05) is 6.07 Å². The Kier molecular flexibility index (Phi) is 5.54. The van der Waals surface area contributed by atoms with Gasteiger partial charge in [0.25, 0.3) is 10.0 Å². The van der Waals surface area contributed by atoms with Gasteiger partial charge in [-0.1, -0.05) is 29.8 Å². The lowest BCUT2D eigenvalue weighted by atomic mass is 10.1. The summed E-state index contributed by atoms with van der Waals surface area (Å²) in [7, 11) is -3.83. The third-order valence-corrected chi connectivity index (χ3v) is 8.22. The van der Waals surface area contributed by atoms with Crippen molar-refractivity contribution in [3.8, 4) is 0 Å². The van der Waals surface area contributed by atoms with Gasteiger partial charge in [-0.05, 0) is 47.7 Å². The lowest BCUT2D eigenvalue weighted by Gasteiger charge is -2.17. The van der Waals surface area contributed by atoms with E-state index in [1.54, 1.807) is 47.4 Å². The highest BCUT2D eigenvalue weighted by Gasteiger charge is 2.35. The summed E-state index contributed by atoms with van der Waals surface area (Å²) in [6, 6.07) is 13.1. The number of fused-ring (bicyclic) bond motifs is 1. The predicted octanol–water partition coefficient (Wildman–Crippen LogP) is 2.92. The summed E-state index contributed by atoms with van der Waals surface area (Å²) >= 11 is 7.12. The molecule has 30 heavy (non-hydrogen) atoms. The zero-order valence-electron chi connectivity index (χ0n) is 15.8. The van der Waals surface area contributed by atoms with Gasteiger partial charge >= 0.3 is 0 Å². The van der Waals surface area contributed by atoms with Gasteiger partial charge in [-0.3, -0.25) is 10.2 Å². The number of likely N-dealkylation sites (tertiary alicyclic amines) is 1. The molecule has 4 N–H and O–H groups in total. The van der Waals surface area contributed by atoms with Crippen LogP contribution in [0, 0.1) is 5.41 Å². The predicted molar refractivity (Wildman–Crippen MR) is 118 cm³/mol. The summed E-state index contributed by atoms with van der Waals surface area (Å²) in [5, 5.41) is 8.82. The van der Waals surface area contributed by atoms with Crippen LogP contribution >= 0.6 is 22.9 Å². The number of sulfonamides is 1. The molecule has 2 heterocycles. The molecule has 3 aromatic rings. The molecular formula is C20H19ClN4O3S2. The van der Waals surface area contributed by atoms with Crippen LogP contribution in [0.3, 0.4) is 0 Å². The van der Waals surface area contributed by atoms with E-state index in [9.17, 15) is 13.2 Å². The van der Waals surface area contributed by atoms with Crippen LogP contribution in [0.5, 0.6) is 0 Å². The molecule has 4 rings (SSSR count). The molecule has 0 bridgehead atoms. The van der Waals surface area contributed by atoms with Crippen LogP contribution in [0.25, 0.3) is 10.1 Å². The molecule has 10 heteroatoms. The number of amidine groups is 1. The highest BCUT2D eigenvalue weighted by atomic mass is 35.5. The summed E-state index contributed by atoms with van der Waals surface area (Å²) in [6.07, 6.45) is 0.390. The van der Waals surface area contributed by atoms with Crippen LogP contribution in [0.4, 0.5) is 0 Å². The van der Waals surface area contributed by atoms with Gasteiger partial charge in [0.2, 0.25) is 5.91 Å². The van der Waals surface area contributed by atoms with Crippen molar-refractivity contribution in [2.45, 2.75) is 23.2 Å². The number of carbonyl (C=O) groups excluding carboxylic acids is 1. The molecule has 7 nitrogen and oxygen atoms in total. The Hall–Kier alpha value is -2.46. The second-order valence-electron chi connectivity index (χ2n) is 7.08. The first-order valence-corrected chi connectivity index (χ1v) is 11.8. The zero-order chi connectivity index (χ0) is 21.5. The van der Waals surface area contributed by atoms with Gasteiger partial charge in [-0.2, -0.15) is 4.72 Å². The fraction of sp³-hybridized carbons (Fsp3) is 0.200. The summed E-state index contributed by atoms with van der Waals surface area (Å²) < 4.78 is 29.2. The third-order valence-electron chi connectivity index (χ3n) is 4.93. The monoisotopic (exact) mass is 462 g/mol. The van der Waals surface area contributed by atoms with Crippen molar-refractivity contribution in [3.05, 3.63) is 64.7 Å². The Bertz CT molecular complexity index is 1260. The SMILES string of the molecule is N=C(N)c1cccc(CN2CCC(NS(=O)(=O)c3cc4cc(Cl)ccc4s3)C2=O)c1. The van der Waals surface area contributed by atoms with E-state index in [0.717, 1.165) is 27.0 Å². The molecule has 1 aliphatic rings. The van der Waals surface area contributed by atoms with Crippen molar-refractivity contribution in [1.29, 1.82) is 5.41 Å². The van der Waals surface area contributed by atoms with Gasteiger partial charge in [0.05, 0.1) is 0 Å². The Morgan fingerprint density at radius 1 is 1.27 bits per heavy atom. The third kappa shape index (κ3) is 4.20. The van der Waals surface area contributed by atoms with Crippen molar-refractivity contribution >= 4 is 54.8 Å². The fourth-order valence-electron chi connectivity index (χ4n) is 3.43. The topological polar surface area (TPSA) is 116 Å². The summed E-state index contributed by atoms with van der Waals surface area (Å²) in [4.78, 5) is 14.4. The van der Waals surface area contributed by atoms with Crippen LogP contribution in [0.1, 0.15) is 17.5 Å². The minimum absolute atomic E-state index is 0.0418. The average Bonchev–Trinajstić information content (AvgIpc) is 3.27. The minimum Gasteiger partial charge on any atom is -0.384 e. The van der Waals surface area contributed by atoms with Gasteiger partial charge < -0.3 is 10.6 Å². The van der Waals surface area contributed by atoms with E-state index in [0.29, 0.717) is 30.1 Å². The lowest BCUT2D eigenvalue weighted by Crippen LogP contribution is -2.41. The maximum Gasteiger partial charge on any atom is 0.250 e. The molecule has 1 aromatic heterocycles. The quantitative estimate of drug-likeness (QED) is 0.385. The Balaban J connectivity index is 1.48. The standard InChI is InChI=1S/C20H19ClN4O3S2/c21-15-4-5-17-14(9-15)10-18(29-17)30(27,28)24-16-6-7-25(20(16)26)11-12-2-1-3-13(8-12)19(22)23/h1-5,8-10,16,24H,6-7,11H2,(H3,22,23). The van der Waals surface area contributed by atoms with Crippen LogP contribution in [-0.2, 0) is 21.4 Å². The molecule has 1 atom stereocenters. The number of thiophene rings is 1. The minimum atomic E-state index is -3.83. The van der Waals surface area contributed by atoms with Crippen molar-refractivity contribution in [2.75, 3.05) is 6.54 Å². The van der Waals surface area contributed by atoms with E-state index in [1.165, 1.54) is 0 Å². The number of benzene rings is 2. The van der Waals surface area contributed by atoms with Crippen molar-refractivity contribution < 1.29 is 13.2 Å². The lowest BCUT2D eigenvalue weighted by molar-refractivity contribution is -0.129. The summed E-state index contributed by atoms with van der Waals surface area (Å²) in [5.74, 6) is -0.309. The van der Waals surface area contributed by atoms with E-state index < -0.39 is 16.1 Å². The Morgan fingerprint density at radius 3 is 2.83 bits per heavy atom. The molecule has 0 spiro atoms. The number of hydrogen-bond donors (Lipinski definition) is 3. The smallest absolute Gasteiger partial charge is 0.250 e. The Morgan fingerprint density at radius 2 is 2.07 bits per heavy atom. The maximum absolute atomic E-state index is 12.8. The molecule has 0 aliphatic carbocycles. The molecule has 1 saturated heterocycles. The highest BCUT2D eigenvalue weighted by Crippen LogP contribution is 2.31. The number of amides is 1. The number of hydrogen-bond acceptors (Lipinski definition) is 5. The second kappa shape index (κ2) is 7.99. The summed E-state index contributed by atoms with van der Waals surface area (Å²) in [5.41, 5.74) is 6.94. The van der Waals surface area contributed by atoms with Gasteiger partial charge in [0.15, 0.2) is 0 Å². The zero-order valence-corrected chi connectivity index (χ0v) is 18.2. The first kappa shape index (κ1) is 20.8. The number of nitrogens with two attached hydrogens (primary N) is 1. The van der Waals surface area contributed by atoms with Crippen molar-refractivity contribution in [2.24, 2.45) is 5.73 Å². The van der Waals surface area contributed by atoms with Crippen molar-refractivity contribution in [1.82, 2.24) is 9.62 Å². The number of halogens is 1. The first-order valence-electron chi connectivity index (χ1n) is 9.16. The summed E-state index contributed by atoms with van der Waals surface area (Å²) in [6.45, 7) is 0.776. The van der Waals surface area contributed by atoms with Crippen LogP contribution in [0.2, 0.25) is 5.02 Å². The van der Waals surface area contributed by atoms with Crippen LogP contribution < -0.4 is 10.5 Å². The molecular weight excluding hydrogens is 444 g/mol. The highest BCUT2D eigenvalue weighted by molar-refractivity contribution is 7.91. The number of nitrogens with zero attached hydrogens (tertiary/aromatic N) is 1. The fourth-order valence-corrected chi connectivity index (χ4v) is 6.23. The molecule has 156 valence electrons. The van der Waals surface area contributed by atoms with Crippen LogP contribution in [0.15, 0.2) is 52.7 Å². The maximum atomic E-state index is 12.8. The number of nitrogen functional groups attached to an aromatic ring is 1. The second-order valence-corrected chi connectivity index (χ2v) is 10.5. The Labute approximate surface area is 183 Å². The number of carbonyl (C=O) groups is 1. The van der Waals surface area contributed by atoms with E-state index in [4.69, 9.17) is 22.7 Å². The van der Waals surface area contributed by atoms with Gasteiger partial charge in [-0.25, -0.2) is 8.42 Å². The van der Waals surface area contributed by atoms with Gasteiger partial charge in [-0.15, -0.1) is 11.3 Å². The molecule has 0 radical (unpaired) electrons. The van der Waals surface area contributed by atoms with E-state index >= 15 is 0 Å². The number of nitrogens with one attached hydrogen (secondary N) is 2. The molecule has 1 unspecified atom stereocenters. The van der Waals surface area contributed by atoms with Crippen LogP contribution in [-0.4, -0.2) is 37.6 Å². The van der Waals surface area contributed by atoms with Crippen molar-refractivity contribution in [3.63, 3.8) is 0 Å². The molecule has 2 aromatic carbocycles. The molecule has 1 aliphatic heterocycles. The molecule has 1 fully saturated rings. The molecule has 1 amide bonds. The largest absolute Gasteiger partial charge is 0.384 e. The van der Waals surface area contributed by atoms with E-state index in [2.05, 4.69) is 4.72 Å². The first-order chi connectivity index (χ1) is 14.2. The number of rotatable bonds is 6. The average molecular weight is 463 g/mol. The van der Waals surface area contributed by atoms with Gasteiger partial charge in [0, 0.05) is 28.4 Å². The molecule has 0 saturated carbocycles. The normalized spacial score (nSPS) is 17.0.